The first-order chi connectivity index (χ1) is 22.2. The smallest absolute Gasteiger partial charge is 0 e. The average Bonchev–Trinajstić information content (AvgIpc) is 3.56. The largest absolute Gasteiger partial charge is 0.731 e. The second kappa shape index (κ2) is 36.9. The van der Waals surface area contributed by atoms with Crippen LogP contribution in [-0.4, -0.2) is 27.2 Å². The van der Waals surface area contributed by atoms with Gasteiger partial charge in [-0.05, 0) is 0 Å². The van der Waals surface area contributed by atoms with Crippen molar-refractivity contribution in [3.8, 4) is 0 Å². The van der Waals surface area contributed by atoms with Gasteiger partial charge in [0.1, 0.15) is 0 Å². The van der Waals surface area contributed by atoms with Crippen molar-refractivity contribution in [1.82, 2.24) is 0 Å². The molecule has 0 atom stereocenters. The second-order valence-corrected chi connectivity index (χ2v) is 12.5. The van der Waals surface area contributed by atoms with Gasteiger partial charge in [-0.3, -0.25) is 27.2 Å². The van der Waals surface area contributed by atoms with Crippen LogP contribution in [0.1, 0.15) is 111 Å². The maximum absolute atomic E-state index is 7.75. The Kier molecular flexibility index (Phi) is 51.1. The molecule has 53 heavy (non-hydrogen) atoms. The molecule has 0 spiro atoms. The summed E-state index contributed by atoms with van der Waals surface area (Å²) in [5.41, 5.74) is 29.4. The maximum Gasteiger partial charge on any atom is 0 e. The predicted octanol–water partition coefficient (Wildman–Crippen LogP) is 10.7. The van der Waals surface area contributed by atoms with Gasteiger partial charge in [-0.1, -0.05) is 104 Å². The molecule has 0 saturated heterocycles. The molecule has 322 valence electrons. The third-order valence-corrected chi connectivity index (χ3v) is 11.2. The van der Waals surface area contributed by atoms with Crippen molar-refractivity contribution in [3.05, 3.63) is 111 Å². The van der Waals surface area contributed by atoms with Crippen LogP contribution in [0.3, 0.4) is 0 Å². The topological polar surface area (TPSA) is 68.3 Å². The van der Waals surface area contributed by atoms with E-state index in [0.29, 0.717) is 0 Å². The predicted molar refractivity (Wildman–Crippen MR) is 210 cm³/mol. The first-order valence-electron chi connectivity index (χ1n) is 15.9. The number of hydrogen-bond acceptors (Lipinski definition) is 4. The molecule has 0 fully saturated rings. The minimum Gasteiger partial charge on any atom is -0.731 e. The monoisotopic (exact) mass is 1260 g/mol. The van der Waals surface area contributed by atoms with E-state index >= 15 is 0 Å². The van der Waals surface area contributed by atoms with Crippen molar-refractivity contribution in [2.45, 2.75) is 138 Å². The summed E-state index contributed by atoms with van der Waals surface area (Å²) in [5.74, 6) is 0. The van der Waals surface area contributed by atoms with E-state index in [0.717, 1.165) is 0 Å². The second-order valence-electron chi connectivity index (χ2n) is 12.5. The molecule has 0 saturated carbocycles. The number of rotatable bonds is 0. The van der Waals surface area contributed by atoms with Gasteiger partial charge in [-0.25, -0.2) is 34.6 Å². The number of hydrogen-bond donors (Lipinski definition) is 0. The first kappa shape index (κ1) is 73.4. The normalized spacial score (nSPS) is 8.23. The van der Waals surface area contributed by atoms with E-state index in [-0.39, 0.29) is 99.0 Å². The Morgan fingerprint density at radius 3 is 0.377 bits per heavy atom. The van der Waals surface area contributed by atoms with Crippen molar-refractivity contribution in [3.63, 3.8) is 0 Å². The van der Waals surface area contributed by atoms with Crippen LogP contribution in [0.5, 0.6) is 0 Å². The van der Waals surface area contributed by atoms with Gasteiger partial charge in [0, 0.05) is 99.0 Å². The molecule has 4 aromatic carbocycles. The molecule has 0 N–H and O–H groups in total. The zero-order chi connectivity index (χ0) is 39.5. The Morgan fingerprint density at radius 2 is 0.340 bits per heavy atom. The zero-order valence-electron chi connectivity index (χ0n) is 35.6. The molecule has 9 heteroatoms. The summed E-state index contributed by atoms with van der Waals surface area (Å²) >= 11 is 0. The third kappa shape index (κ3) is 19.8. The Hall–Kier alpha value is -0.738. The minimum absolute atomic E-state index is 0. The van der Waals surface area contributed by atoms with Gasteiger partial charge in [-0.15, -0.1) is 0 Å². The molecule has 4 rings (SSSR count). The molecule has 0 amide bonds. The average molecular weight is 1260 g/mol. The summed E-state index contributed by atoms with van der Waals surface area (Å²) in [7, 11) is 0. The van der Waals surface area contributed by atoms with E-state index in [4.69, 9.17) is 19.2 Å². The first-order valence-corrected chi connectivity index (χ1v) is 15.9. The molecule has 0 aromatic heterocycles. The van der Waals surface area contributed by atoms with Crippen LogP contribution >= 0.6 is 0 Å². The summed E-state index contributed by atoms with van der Waals surface area (Å²) < 4.78 is 0. The fraction of sp³-hybridized carbons (Fsp3) is 0.455. The van der Waals surface area contributed by atoms with Crippen LogP contribution < -0.4 is 0 Å². The Balaban J connectivity index is -0.0000000634. The van der Waals surface area contributed by atoms with Crippen LogP contribution in [0.15, 0.2) is 0 Å². The summed E-state index contributed by atoms with van der Waals surface area (Å²) in [6.45, 7) is 57.0. The van der Waals surface area contributed by atoms with Gasteiger partial charge in [0.25, 0.3) is 0 Å². The van der Waals surface area contributed by atoms with E-state index in [1.165, 1.54) is 111 Å². The van der Waals surface area contributed by atoms with Crippen molar-refractivity contribution in [1.29, 1.82) is 0 Å². The summed E-state index contributed by atoms with van der Waals surface area (Å²) in [6, 6.07) is 0. The Bertz CT molecular complexity index is 1020. The molecular weight excluding hydrogens is 1200 g/mol. The van der Waals surface area contributed by atoms with Gasteiger partial charge < -0.3 is 47.0 Å². The molecule has 0 bridgehead atoms. The molecule has 4 aromatic rings. The third-order valence-electron chi connectivity index (χ3n) is 11.2. The Labute approximate surface area is 391 Å². The molecular formula is C44H64O4PtRh4-12. The van der Waals surface area contributed by atoms with Gasteiger partial charge in [-0.2, -0.15) is 83.5 Å². The summed E-state index contributed by atoms with van der Waals surface area (Å²) in [6.07, 6.45) is 0. The van der Waals surface area contributed by atoms with Gasteiger partial charge >= 0.3 is 0 Å². The maximum atomic E-state index is 7.75. The summed E-state index contributed by atoms with van der Waals surface area (Å²) in [5, 5.41) is 0. The zero-order valence-corrected chi connectivity index (χ0v) is 44.4. The van der Waals surface area contributed by atoms with E-state index in [2.05, 4.69) is 166 Å². The van der Waals surface area contributed by atoms with Gasteiger partial charge in [0.2, 0.25) is 0 Å². The molecule has 4 radical (unpaired) electrons. The molecule has 0 unspecified atom stereocenters. The molecule has 0 aliphatic carbocycles. The molecule has 0 aliphatic rings. The van der Waals surface area contributed by atoms with E-state index in [1.807, 2.05) is 0 Å². The fourth-order valence-electron chi connectivity index (χ4n) is 5.62. The van der Waals surface area contributed by atoms with Crippen molar-refractivity contribution < 1.29 is 118 Å². The fourth-order valence-corrected chi connectivity index (χ4v) is 5.62. The minimum atomic E-state index is 0. The van der Waals surface area contributed by atoms with E-state index in [9.17, 15) is 0 Å². The van der Waals surface area contributed by atoms with Crippen LogP contribution in [0.25, 0.3) is 0 Å². The summed E-state index contributed by atoms with van der Waals surface area (Å²) in [4.78, 5) is 31.0. The van der Waals surface area contributed by atoms with Gasteiger partial charge in [0.05, 0.1) is 0 Å². The van der Waals surface area contributed by atoms with Crippen LogP contribution in [0, 0.1) is 138 Å². The van der Waals surface area contributed by atoms with E-state index < -0.39 is 0 Å². The van der Waals surface area contributed by atoms with Crippen molar-refractivity contribution >= 4 is 27.2 Å². The van der Waals surface area contributed by atoms with Gasteiger partial charge in [0.15, 0.2) is 0 Å². The number of carbonyl (C=O) groups excluding carboxylic acids is 4. The SMILES string of the molecule is C[c-]1[c-](C)[c-](C)[c-](C)[c-]1C.Cc1c(C)c(C)[c-](C)c1C.Cc1c(C)c(C)[c-](C)c1C.Cc1c(C)c(C)[c-](C)c1C.[CH-]=O.[CH-]=O.[CH-]=O.[CH-]=O.[Pt].[Rh].[Rh].[Rh].[Rh]. The van der Waals surface area contributed by atoms with E-state index in [1.54, 1.807) is 0 Å². The molecule has 0 heterocycles. The van der Waals surface area contributed by atoms with Crippen molar-refractivity contribution in [2.75, 3.05) is 0 Å². The quantitative estimate of drug-likeness (QED) is 0.1000. The molecule has 4 nitrogen and oxygen atoms in total. The standard InChI is InChI=1S/4C10H15.4CHO.Pt.4Rh/c4*1-6-7(2)9(4)10(5)8(6)3;4*1-2;;;;;/h4*1-5H3;4*1H;;;;;/q-5;7*-1;;;;;. The Morgan fingerprint density at radius 1 is 0.264 bits per heavy atom. The van der Waals surface area contributed by atoms with Crippen LogP contribution in [0.4, 0.5) is 0 Å². The molecule has 0 aliphatic heterocycles. The van der Waals surface area contributed by atoms with Crippen LogP contribution in [0.2, 0.25) is 0 Å². The van der Waals surface area contributed by atoms with Crippen molar-refractivity contribution in [2.24, 2.45) is 0 Å². The van der Waals surface area contributed by atoms with Crippen LogP contribution in [-0.2, 0) is 118 Å².